The number of rotatable bonds is 11. The SMILES string of the molecule is COc1ccc(Cl)cc1NC(=O)COC(=O)CCC(=O)Nc1cccc(C(=O)OCC(C)C)c1. The van der Waals surface area contributed by atoms with Crippen molar-refractivity contribution in [2.45, 2.75) is 26.7 Å². The van der Waals surface area contributed by atoms with E-state index in [-0.39, 0.29) is 18.8 Å². The summed E-state index contributed by atoms with van der Waals surface area (Å²) in [5, 5.41) is 5.55. The Labute approximate surface area is 202 Å². The third-order valence-electron chi connectivity index (χ3n) is 4.29. The molecular formula is C24H27ClN2O7. The van der Waals surface area contributed by atoms with Gasteiger partial charge in [0.2, 0.25) is 5.91 Å². The van der Waals surface area contributed by atoms with Crippen LogP contribution in [0.4, 0.5) is 11.4 Å². The summed E-state index contributed by atoms with van der Waals surface area (Å²) in [6.07, 6.45) is -0.389. The summed E-state index contributed by atoms with van der Waals surface area (Å²) >= 11 is 5.91. The molecule has 9 nitrogen and oxygen atoms in total. The lowest BCUT2D eigenvalue weighted by Crippen LogP contribution is -2.22. The monoisotopic (exact) mass is 490 g/mol. The molecule has 0 saturated carbocycles. The lowest BCUT2D eigenvalue weighted by Gasteiger charge is -2.11. The fourth-order valence-electron chi connectivity index (χ4n) is 2.67. The molecule has 0 fully saturated rings. The third kappa shape index (κ3) is 9.11. The zero-order chi connectivity index (χ0) is 25.1. The number of halogens is 1. The van der Waals surface area contributed by atoms with E-state index >= 15 is 0 Å². The lowest BCUT2D eigenvalue weighted by atomic mass is 10.2. The normalized spacial score (nSPS) is 10.4. The van der Waals surface area contributed by atoms with Gasteiger partial charge in [0.1, 0.15) is 5.75 Å². The number of amides is 2. The highest BCUT2D eigenvalue weighted by Crippen LogP contribution is 2.27. The Morgan fingerprint density at radius 2 is 1.71 bits per heavy atom. The number of ether oxygens (including phenoxy) is 3. The number of esters is 2. The van der Waals surface area contributed by atoms with E-state index in [2.05, 4.69) is 10.6 Å². The predicted octanol–water partition coefficient (Wildman–Crippen LogP) is 4.06. The van der Waals surface area contributed by atoms with Gasteiger partial charge in [0.05, 0.1) is 31.4 Å². The van der Waals surface area contributed by atoms with E-state index in [1.165, 1.54) is 19.2 Å². The van der Waals surface area contributed by atoms with Gasteiger partial charge in [-0.05, 0) is 42.3 Å². The van der Waals surface area contributed by atoms with Crippen molar-refractivity contribution < 1.29 is 33.4 Å². The van der Waals surface area contributed by atoms with Gasteiger partial charge in [0, 0.05) is 17.1 Å². The van der Waals surface area contributed by atoms with Crippen LogP contribution in [0.3, 0.4) is 0 Å². The van der Waals surface area contributed by atoms with Crippen LogP contribution >= 0.6 is 11.6 Å². The van der Waals surface area contributed by atoms with E-state index in [1.54, 1.807) is 30.3 Å². The van der Waals surface area contributed by atoms with Crippen LogP contribution in [0.2, 0.25) is 5.02 Å². The number of methoxy groups -OCH3 is 1. The second-order valence-electron chi connectivity index (χ2n) is 7.67. The topological polar surface area (TPSA) is 120 Å². The van der Waals surface area contributed by atoms with Crippen LogP contribution < -0.4 is 15.4 Å². The van der Waals surface area contributed by atoms with Crippen molar-refractivity contribution in [3.63, 3.8) is 0 Å². The van der Waals surface area contributed by atoms with Crippen LogP contribution in [0, 0.1) is 5.92 Å². The summed E-state index contributed by atoms with van der Waals surface area (Å²) in [5.41, 5.74) is 1.04. The van der Waals surface area contributed by atoms with Crippen LogP contribution in [0.5, 0.6) is 5.75 Å². The molecule has 2 aromatic carbocycles. The van der Waals surface area contributed by atoms with E-state index in [1.807, 2.05) is 13.8 Å². The van der Waals surface area contributed by atoms with Crippen molar-refractivity contribution in [2.75, 3.05) is 31.0 Å². The number of hydrogen-bond donors (Lipinski definition) is 2. The van der Waals surface area contributed by atoms with Crippen molar-refractivity contribution in [1.82, 2.24) is 0 Å². The average molecular weight is 491 g/mol. The standard InChI is InChI=1S/C24H27ClN2O7/c1-15(2)13-34-24(31)16-5-4-6-18(11-16)26-21(28)9-10-23(30)33-14-22(29)27-19-12-17(25)7-8-20(19)32-3/h4-8,11-12,15H,9-10,13-14H2,1-3H3,(H,26,28)(H,27,29). The molecule has 0 heterocycles. The van der Waals surface area contributed by atoms with Gasteiger partial charge in [0.25, 0.3) is 5.91 Å². The summed E-state index contributed by atoms with van der Waals surface area (Å²) in [6.45, 7) is 3.62. The van der Waals surface area contributed by atoms with E-state index in [0.717, 1.165) is 0 Å². The highest BCUT2D eigenvalue weighted by Gasteiger charge is 2.14. The minimum atomic E-state index is -0.714. The van der Waals surface area contributed by atoms with Crippen LogP contribution in [0.25, 0.3) is 0 Å². The Hall–Kier alpha value is -3.59. The molecule has 0 aliphatic rings. The Bertz CT molecular complexity index is 1040. The molecule has 2 aromatic rings. The number of anilines is 2. The summed E-state index contributed by atoms with van der Waals surface area (Å²) in [6, 6.07) is 11.0. The van der Waals surface area contributed by atoms with E-state index in [9.17, 15) is 19.2 Å². The van der Waals surface area contributed by atoms with Crippen molar-refractivity contribution in [3.8, 4) is 5.75 Å². The highest BCUT2D eigenvalue weighted by molar-refractivity contribution is 6.31. The maximum atomic E-state index is 12.2. The minimum absolute atomic E-state index is 0.162. The second-order valence-corrected chi connectivity index (χ2v) is 8.11. The number of benzene rings is 2. The van der Waals surface area contributed by atoms with E-state index in [4.69, 9.17) is 25.8 Å². The number of carbonyl (C=O) groups excluding carboxylic acids is 4. The summed E-state index contributed by atoms with van der Waals surface area (Å²) in [4.78, 5) is 48.2. The third-order valence-corrected chi connectivity index (χ3v) is 4.52. The summed E-state index contributed by atoms with van der Waals surface area (Å²) in [7, 11) is 1.44. The summed E-state index contributed by atoms with van der Waals surface area (Å²) < 4.78 is 15.2. The van der Waals surface area contributed by atoms with E-state index < -0.39 is 30.4 Å². The lowest BCUT2D eigenvalue weighted by molar-refractivity contribution is -0.147. The van der Waals surface area contributed by atoms with Crippen molar-refractivity contribution >= 4 is 46.7 Å². The number of nitrogens with one attached hydrogen (secondary N) is 2. The van der Waals surface area contributed by atoms with Gasteiger partial charge in [-0.3, -0.25) is 14.4 Å². The van der Waals surface area contributed by atoms with Crippen LogP contribution in [0.15, 0.2) is 42.5 Å². The number of carbonyl (C=O) groups is 4. The van der Waals surface area contributed by atoms with Gasteiger partial charge < -0.3 is 24.8 Å². The van der Waals surface area contributed by atoms with Crippen LogP contribution in [-0.4, -0.2) is 44.1 Å². The molecule has 34 heavy (non-hydrogen) atoms. The zero-order valence-corrected chi connectivity index (χ0v) is 19.9. The Morgan fingerprint density at radius 1 is 0.941 bits per heavy atom. The smallest absolute Gasteiger partial charge is 0.338 e. The average Bonchev–Trinajstić information content (AvgIpc) is 2.80. The van der Waals surface area contributed by atoms with Gasteiger partial charge in [-0.1, -0.05) is 31.5 Å². The first-order chi connectivity index (χ1) is 16.2. The van der Waals surface area contributed by atoms with Crippen LogP contribution in [0.1, 0.15) is 37.0 Å². The summed E-state index contributed by atoms with van der Waals surface area (Å²) in [5.74, 6) is -1.62. The van der Waals surface area contributed by atoms with Gasteiger partial charge >= 0.3 is 11.9 Å². The fourth-order valence-corrected chi connectivity index (χ4v) is 2.84. The molecule has 0 atom stereocenters. The molecular weight excluding hydrogens is 464 g/mol. The molecule has 0 aliphatic heterocycles. The maximum absolute atomic E-state index is 12.2. The first-order valence-corrected chi connectivity index (χ1v) is 10.9. The molecule has 0 aromatic heterocycles. The molecule has 2 N–H and O–H groups in total. The van der Waals surface area contributed by atoms with Gasteiger partial charge in [0.15, 0.2) is 6.61 Å². The second kappa shape index (κ2) is 13.2. The zero-order valence-electron chi connectivity index (χ0n) is 19.2. The first kappa shape index (κ1) is 26.7. The van der Waals surface area contributed by atoms with Gasteiger partial charge in [-0.15, -0.1) is 0 Å². The molecule has 0 aliphatic carbocycles. The van der Waals surface area contributed by atoms with Crippen molar-refractivity contribution in [3.05, 3.63) is 53.1 Å². The van der Waals surface area contributed by atoms with Crippen molar-refractivity contribution in [1.29, 1.82) is 0 Å². The van der Waals surface area contributed by atoms with Crippen LogP contribution in [-0.2, 0) is 23.9 Å². The molecule has 2 rings (SSSR count). The molecule has 0 unspecified atom stereocenters. The first-order valence-electron chi connectivity index (χ1n) is 10.5. The molecule has 0 radical (unpaired) electrons. The Morgan fingerprint density at radius 3 is 2.41 bits per heavy atom. The molecule has 0 saturated heterocycles. The molecule has 0 bridgehead atoms. The fraction of sp³-hybridized carbons (Fsp3) is 0.333. The van der Waals surface area contributed by atoms with Gasteiger partial charge in [-0.25, -0.2) is 4.79 Å². The van der Waals surface area contributed by atoms with Gasteiger partial charge in [-0.2, -0.15) is 0 Å². The number of hydrogen-bond acceptors (Lipinski definition) is 7. The van der Waals surface area contributed by atoms with Crippen molar-refractivity contribution in [2.24, 2.45) is 5.92 Å². The molecule has 10 heteroatoms. The quantitative estimate of drug-likeness (QED) is 0.455. The Balaban J connectivity index is 1.76. The highest BCUT2D eigenvalue weighted by atomic mass is 35.5. The maximum Gasteiger partial charge on any atom is 0.338 e. The Kier molecular flexibility index (Phi) is 10.3. The minimum Gasteiger partial charge on any atom is -0.495 e. The molecule has 0 spiro atoms. The molecule has 182 valence electrons. The van der Waals surface area contributed by atoms with E-state index in [0.29, 0.717) is 34.3 Å². The largest absolute Gasteiger partial charge is 0.495 e. The predicted molar refractivity (Wildman–Crippen MR) is 127 cm³/mol. The molecule has 2 amide bonds.